The van der Waals surface area contributed by atoms with Crippen molar-refractivity contribution >= 4 is 52.4 Å². The zero-order valence-corrected chi connectivity index (χ0v) is 20.6. The number of rotatable bonds is 9. The van der Waals surface area contributed by atoms with Crippen molar-refractivity contribution in [3.8, 4) is 0 Å². The highest BCUT2D eigenvalue weighted by Crippen LogP contribution is 2.24. The van der Waals surface area contributed by atoms with Crippen LogP contribution >= 0.6 is 34.8 Å². The van der Waals surface area contributed by atoms with Crippen molar-refractivity contribution in [2.75, 3.05) is 12.4 Å². The molecule has 6 nitrogen and oxygen atoms in total. The van der Waals surface area contributed by atoms with Crippen LogP contribution in [0.2, 0.25) is 15.2 Å². The van der Waals surface area contributed by atoms with Crippen molar-refractivity contribution in [3.63, 3.8) is 0 Å². The van der Waals surface area contributed by atoms with Crippen LogP contribution in [0, 0.1) is 0 Å². The van der Waals surface area contributed by atoms with Crippen LogP contribution in [0.4, 0.5) is 5.69 Å². The van der Waals surface area contributed by atoms with Crippen molar-refractivity contribution in [3.05, 3.63) is 80.3 Å². The van der Waals surface area contributed by atoms with Crippen molar-refractivity contribution in [1.29, 1.82) is 0 Å². The Morgan fingerprint density at radius 1 is 1.09 bits per heavy atom. The second-order valence-electron chi connectivity index (χ2n) is 7.48. The van der Waals surface area contributed by atoms with E-state index in [2.05, 4.69) is 17.2 Å². The summed E-state index contributed by atoms with van der Waals surface area (Å²) >= 11 is 18.4. The number of carbonyl (C=O) groups excluding carboxylic acids is 2. The van der Waals surface area contributed by atoms with Gasteiger partial charge in [0, 0.05) is 23.7 Å². The van der Waals surface area contributed by atoms with E-state index in [4.69, 9.17) is 39.5 Å². The van der Waals surface area contributed by atoms with Crippen molar-refractivity contribution < 1.29 is 14.3 Å². The molecule has 0 saturated heterocycles. The molecule has 1 N–H and O–H groups in total. The molecule has 0 atom stereocenters. The van der Waals surface area contributed by atoms with Gasteiger partial charge < -0.3 is 14.6 Å². The first-order valence-electron chi connectivity index (χ1n) is 10.5. The molecule has 0 fully saturated rings. The zero-order chi connectivity index (χ0) is 24.0. The first kappa shape index (κ1) is 25.1. The van der Waals surface area contributed by atoms with Gasteiger partial charge in [0.05, 0.1) is 29.8 Å². The van der Waals surface area contributed by atoms with Crippen LogP contribution in [-0.2, 0) is 28.9 Å². The molecule has 33 heavy (non-hydrogen) atoms. The lowest BCUT2D eigenvalue weighted by Gasteiger charge is -2.13. The summed E-state index contributed by atoms with van der Waals surface area (Å²) in [5.41, 5.74) is 2.51. The Morgan fingerprint density at radius 2 is 1.82 bits per heavy atom. The summed E-state index contributed by atoms with van der Waals surface area (Å²) in [4.78, 5) is 28.9. The number of unbranched alkanes of at least 4 members (excludes halogenated alkanes) is 1. The number of carbonyl (C=O) groups is 2. The zero-order valence-electron chi connectivity index (χ0n) is 18.3. The third-order valence-electron chi connectivity index (χ3n) is 5.12. The van der Waals surface area contributed by atoms with E-state index in [1.54, 1.807) is 24.3 Å². The molecule has 174 valence electrons. The molecule has 0 bridgehead atoms. The van der Waals surface area contributed by atoms with Crippen molar-refractivity contribution in [1.82, 2.24) is 9.55 Å². The Labute approximate surface area is 207 Å². The van der Waals surface area contributed by atoms with E-state index < -0.39 is 0 Å². The summed E-state index contributed by atoms with van der Waals surface area (Å²) in [6.07, 6.45) is 2.78. The summed E-state index contributed by atoms with van der Waals surface area (Å²) < 4.78 is 6.78. The van der Waals surface area contributed by atoms with Crippen molar-refractivity contribution in [2.24, 2.45) is 0 Å². The highest BCUT2D eigenvalue weighted by molar-refractivity contribution is 6.36. The number of imidazole rings is 1. The Balaban J connectivity index is 1.79. The predicted molar refractivity (Wildman–Crippen MR) is 132 cm³/mol. The number of halogens is 3. The molecule has 0 aliphatic rings. The van der Waals surface area contributed by atoms with Crippen LogP contribution in [0.3, 0.4) is 0 Å². The van der Waals surface area contributed by atoms with Crippen LogP contribution in [-0.4, -0.2) is 28.5 Å². The number of amides is 1. The fourth-order valence-corrected chi connectivity index (χ4v) is 3.98. The predicted octanol–water partition coefficient (Wildman–Crippen LogP) is 6.20. The van der Waals surface area contributed by atoms with Gasteiger partial charge >= 0.3 is 5.97 Å². The molecular weight excluding hydrogens is 485 g/mol. The van der Waals surface area contributed by atoms with Crippen LogP contribution in [0.1, 0.15) is 47.2 Å². The maximum atomic E-state index is 12.6. The lowest BCUT2D eigenvalue weighted by molar-refractivity contribution is -0.139. The summed E-state index contributed by atoms with van der Waals surface area (Å²) in [5.74, 6) is 0.102. The van der Waals surface area contributed by atoms with Gasteiger partial charge in [-0.3, -0.25) is 9.59 Å². The van der Waals surface area contributed by atoms with E-state index in [0.717, 1.165) is 30.7 Å². The number of hydrogen-bond donors (Lipinski definition) is 1. The minimum absolute atomic E-state index is 0.0446. The molecule has 0 unspecified atom stereocenters. The topological polar surface area (TPSA) is 73.2 Å². The van der Waals surface area contributed by atoms with E-state index in [9.17, 15) is 9.59 Å². The van der Waals surface area contributed by atoms with Crippen LogP contribution in [0.15, 0.2) is 42.5 Å². The number of esters is 1. The molecule has 9 heteroatoms. The summed E-state index contributed by atoms with van der Waals surface area (Å²) in [6, 6.07) is 12.1. The van der Waals surface area contributed by atoms with Gasteiger partial charge in [-0.1, -0.05) is 60.3 Å². The van der Waals surface area contributed by atoms with Gasteiger partial charge in [0.15, 0.2) is 5.15 Å². The molecule has 0 aliphatic heterocycles. The first-order valence-corrected chi connectivity index (χ1v) is 11.6. The van der Waals surface area contributed by atoms with E-state index in [0.29, 0.717) is 38.7 Å². The number of nitrogens with one attached hydrogen (secondary N) is 1. The van der Waals surface area contributed by atoms with Gasteiger partial charge in [-0.2, -0.15) is 0 Å². The van der Waals surface area contributed by atoms with Gasteiger partial charge in [0.25, 0.3) is 5.91 Å². The molecule has 2 aromatic carbocycles. The van der Waals surface area contributed by atoms with Gasteiger partial charge in [-0.25, -0.2) is 4.98 Å². The van der Waals surface area contributed by atoms with E-state index in [1.165, 1.54) is 13.2 Å². The maximum Gasteiger partial charge on any atom is 0.311 e. The Morgan fingerprint density at radius 3 is 2.48 bits per heavy atom. The van der Waals surface area contributed by atoms with E-state index in [1.807, 2.05) is 16.7 Å². The van der Waals surface area contributed by atoms with Gasteiger partial charge in [0.2, 0.25) is 0 Å². The molecule has 1 aromatic heterocycles. The molecule has 0 aliphatic carbocycles. The molecule has 3 aromatic rings. The number of methoxy groups -OCH3 is 1. The number of anilines is 1. The van der Waals surface area contributed by atoms with Gasteiger partial charge in [-0.05, 0) is 42.3 Å². The molecular formula is C24H24Cl3N3O3. The lowest BCUT2D eigenvalue weighted by atomic mass is 10.1. The first-order chi connectivity index (χ1) is 15.8. The minimum atomic E-state index is -0.377. The van der Waals surface area contributed by atoms with Crippen LogP contribution < -0.4 is 5.32 Å². The molecule has 1 heterocycles. The third kappa shape index (κ3) is 6.50. The normalized spacial score (nSPS) is 10.8. The number of hydrogen-bond acceptors (Lipinski definition) is 4. The number of nitrogens with zero attached hydrogens (tertiary/aromatic N) is 2. The number of aromatic nitrogens is 2. The SMILES string of the molecule is CCCCc1nc(Cl)c(CC(=O)OC)n1Cc1ccc(NC(=O)c2cc(Cl)ccc2Cl)cc1. The number of ether oxygens (including phenoxy) is 1. The Hall–Kier alpha value is -2.54. The highest BCUT2D eigenvalue weighted by Gasteiger charge is 2.19. The molecule has 1 amide bonds. The average molecular weight is 509 g/mol. The van der Waals surface area contributed by atoms with E-state index >= 15 is 0 Å². The van der Waals surface area contributed by atoms with Gasteiger partial charge in [-0.15, -0.1) is 0 Å². The van der Waals surface area contributed by atoms with E-state index in [-0.39, 0.29) is 18.3 Å². The summed E-state index contributed by atoms with van der Waals surface area (Å²) in [5, 5.41) is 3.89. The fourth-order valence-electron chi connectivity index (χ4n) is 3.34. The monoisotopic (exact) mass is 507 g/mol. The summed E-state index contributed by atoms with van der Waals surface area (Å²) in [7, 11) is 1.35. The maximum absolute atomic E-state index is 12.6. The standard InChI is InChI=1S/C24H24Cl3N3O3/c1-3-4-5-21-29-23(27)20(13-22(31)33-2)30(21)14-15-6-9-17(10-7-15)28-24(32)18-12-16(25)8-11-19(18)26/h6-12H,3-5,13-14H2,1-2H3,(H,28,32). The summed E-state index contributed by atoms with van der Waals surface area (Å²) in [6.45, 7) is 2.59. The fraction of sp³-hybridized carbons (Fsp3) is 0.292. The number of aryl methyl sites for hydroxylation is 1. The number of benzene rings is 2. The molecule has 0 saturated carbocycles. The second-order valence-corrected chi connectivity index (χ2v) is 8.69. The lowest BCUT2D eigenvalue weighted by Crippen LogP contribution is -2.14. The van der Waals surface area contributed by atoms with Crippen LogP contribution in [0.5, 0.6) is 0 Å². The smallest absolute Gasteiger partial charge is 0.311 e. The minimum Gasteiger partial charge on any atom is -0.469 e. The second kappa shape index (κ2) is 11.5. The average Bonchev–Trinajstić information content (AvgIpc) is 3.09. The molecule has 0 radical (unpaired) electrons. The quantitative estimate of drug-likeness (QED) is 0.349. The highest BCUT2D eigenvalue weighted by atomic mass is 35.5. The molecule has 0 spiro atoms. The van der Waals surface area contributed by atoms with Gasteiger partial charge in [0.1, 0.15) is 5.82 Å². The Bertz CT molecular complexity index is 1140. The Kier molecular flexibility index (Phi) is 8.78. The largest absolute Gasteiger partial charge is 0.469 e. The van der Waals surface area contributed by atoms with Crippen LogP contribution in [0.25, 0.3) is 0 Å². The molecule has 3 rings (SSSR count). The van der Waals surface area contributed by atoms with Crippen molar-refractivity contribution in [2.45, 2.75) is 39.2 Å². The third-order valence-corrected chi connectivity index (χ3v) is 5.99.